The lowest BCUT2D eigenvalue weighted by Crippen LogP contribution is -2.45. The molecule has 2 fully saturated rings. The van der Waals surface area contributed by atoms with Crippen molar-refractivity contribution in [3.05, 3.63) is 88.6 Å². The van der Waals surface area contributed by atoms with Gasteiger partial charge in [0.1, 0.15) is 5.75 Å². The van der Waals surface area contributed by atoms with E-state index in [1.165, 1.54) is 37.0 Å². The number of aromatic nitrogens is 1. The van der Waals surface area contributed by atoms with E-state index in [1.807, 2.05) is 18.2 Å². The third kappa shape index (κ3) is 7.04. The Hall–Kier alpha value is -3.04. The zero-order chi connectivity index (χ0) is 30.0. The molecule has 228 valence electrons. The third-order valence-electron chi connectivity index (χ3n) is 8.91. The lowest BCUT2D eigenvalue weighted by atomic mass is 9.95. The van der Waals surface area contributed by atoms with Gasteiger partial charge in [-0.25, -0.2) is 0 Å². The number of nitrogens with zero attached hydrogens (tertiary/aromatic N) is 3. The molecule has 6 rings (SSSR count). The van der Waals surface area contributed by atoms with E-state index in [2.05, 4.69) is 49.6 Å². The Morgan fingerprint density at radius 1 is 0.814 bits per heavy atom. The molecule has 1 saturated carbocycles. The van der Waals surface area contributed by atoms with E-state index in [0.29, 0.717) is 11.6 Å². The molecule has 0 unspecified atom stereocenters. The zero-order valence-electron chi connectivity index (χ0n) is 24.3. The quantitative estimate of drug-likeness (QED) is 0.219. The van der Waals surface area contributed by atoms with Gasteiger partial charge < -0.3 is 15.0 Å². The minimum atomic E-state index is -4.75. The lowest BCUT2D eigenvalue weighted by Gasteiger charge is -2.35. The maximum absolute atomic E-state index is 12.9. The molecule has 2 N–H and O–H groups in total. The first-order chi connectivity index (χ1) is 20.8. The highest BCUT2D eigenvalue weighted by molar-refractivity contribution is 6.31. The van der Waals surface area contributed by atoms with Gasteiger partial charge in [0, 0.05) is 79.5 Å². The van der Waals surface area contributed by atoms with Crippen molar-refractivity contribution in [1.82, 2.24) is 14.4 Å². The number of alkyl halides is 3. The molecular formula is C34H38ClF3N4O. The highest BCUT2D eigenvalue weighted by Gasteiger charge is 2.31. The summed E-state index contributed by atoms with van der Waals surface area (Å²) in [4.78, 5) is 4.93. The van der Waals surface area contributed by atoms with Crippen molar-refractivity contribution >= 4 is 22.5 Å². The predicted molar refractivity (Wildman–Crippen MR) is 166 cm³/mol. The van der Waals surface area contributed by atoms with E-state index >= 15 is 0 Å². The van der Waals surface area contributed by atoms with Crippen LogP contribution in [0.25, 0.3) is 22.0 Å². The fourth-order valence-electron chi connectivity index (χ4n) is 6.71. The van der Waals surface area contributed by atoms with E-state index in [-0.39, 0.29) is 12.3 Å². The van der Waals surface area contributed by atoms with Crippen LogP contribution >= 0.6 is 11.6 Å². The summed E-state index contributed by atoms with van der Waals surface area (Å²) in [5.41, 5.74) is 12.1. The van der Waals surface area contributed by atoms with Crippen molar-refractivity contribution in [3.8, 4) is 16.9 Å². The van der Waals surface area contributed by atoms with Gasteiger partial charge >= 0.3 is 6.36 Å². The summed E-state index contributed by atoms with van der Waals surface area (Å²) in [6.07, 6.45) is 3.37. The monoisotopic (exact) mass is 610 g/mol. The molecule has 9 heteroatoms. The first kappa shape index (κ1) is 30.0. The minimum Gasteiger partial charge on any atom is -0.406 e. The molecule has 3 aromatic carbocycles. The number of rotatable bonds is 8. The molecule has 0 amide bonds. The van der Waals surface area contributed by atoms with Gasteiger partial charge in [-0.2, -0.15) is 0 Å². The van der Waals surface area contributed by atoms with Crippen molar-refractivity contribution in [1.29, 1.82) is 0 Å². The average Bonchev–Trinajstić information content (AvgIpc) is 3.37. The molecule has 0 spiro atoms. The van der Waals surface area contributed by atoms with Crippen molar-refractivity contribution in [2.75, 3.05) is 26.2 Å². The van der Waals surface area contributed by atoms with Crippen molar-refractivity contribution in [3.63, 3.8) is 0 Å². The van der Waals surface area contributed by atoms with Gasteiger partial charge in [-0.15, -0.1) is 13.2 Å². The maximum Gasteiger partial charge on any atom is 0.573 e. The van der Waals surface area contributed by atoms with Crippen molar-refractivity contribution < 1.29 is 17.9 Å². The molecule has 1 aromatic heterocycles. The fraction of sp³-hybridized carbons (Fsp3) is 0.412. The lowest BCUT2D eigenvalue weighted by molar-refractivity contribution is -0.274. The largest absolute Gasteiger partial charge is 0.573 e. The first-order valence-corrected chi connectivity index (χ1v) is 15.6. The number of fused-ring (bicyclic) bond motifs is 1. The van der Waals surface area contributed by atoms with Crippen LogP contribution in [0, 0.1) is 0 Å². The van der Waals surface area contributed by atoms with Gasteiger partial charge in [-0.1, -0.05) is 61.2 Å². The molecule has 0 atom stereocenters. The number of benzene rings is 3. The van der Waals surface area contributed by atoms with Crippen LogP contribution in [0.4, 0.5) is 13.2 Å². The standard InChI is InChI=1S/C34H38ClF3N4O/c35-32-9-5-4-6-25(32)22-41-16-14-40(15-17-41)21-24-10-13-33-30(18-24)31(23-42(33)27-7-2-1-3-8-27)29-12-11-28(19-26(29)20-39)43-34(36,37)38/h4-6,9-13,18-19,23,27H,1-3,7-8,14-17,20-22,39H2. The summed E-state index contributed by atoms with van der Waals surface area (Å²) in [6, 6.07) is 19.7. The van der Waals surface area contributed by atoms with Crippen LogP contribution in [0.5, 0.6) is 5.75 Å². The molecule has 4 aromatic rings. The number of nitrogens with two attached hydrogens (primary N) is 1. The van der Waals surface area contributed by atoms with Crippen LogP contribution in [-0.4, -0.2) is 46.9 Å². The van der Waals surface area contributed by atoms with Crippen LogP contribution < -0.4 is 10.5 Å². The maximum atomic E-state index is 12.9. The first-order valence-electron chi connectivity index (χ1n) is 15.2. The third-order valence-corrected chi connectivity index (χ3v) is 9.28. The van der Waals surface area contributed by atoms with Crippen LogP contribution in [0.1, 0.15) is 54.8 Å². The Morgan fingerprint density at radius 2 is 1.53 bits per heavy atom. The SMILES string of the molecule is NCc1cc(OC(F)(F)F)ccc1-c1cn(C2CCCCC2)c2ccc(CN3CCN(Cc4ccccc4Cl)CC3)cc12. The van der Waals surface area contributed by atoms with E-state index in [4.69, 9.17) is 17.3 Å². The van der Waals surface area contributed by atoms with Gasteiger partial charge in [-0.3, -0.25) is 9.80 Å². The number of ether oxygens (including phenoxy) is 1. The summed E-state index contributed by atoms with van der Waals surface area (Å²) in [7, 11) is 0. The second-order valence-electron chi connectivity index (χ2n) is 11.8. The molecule has 2 aliphatic rings. The normalized spacial score (nSPS) is 17.5. The average molecular weight is 611 g/mol. The second-order valence-corrected chi connectivity index (χ2v) is 12.2. The molecule has 5 nitrogen and oxygen atoms in total. The van der Waals surface area contributed by atoms with E-state index < -0.39 is 6.36 Å². The Kier molecular flexibility index (Phi) is 9.00. The minimum absolute atomic E-state index is 0.110. The zero-order valence-corrected chi connectivity index (χ0v) is 25.0. The molecule has 1 aliphatic heterocycles. The number of halogens is 4. The smallest absolute Gasteiger partial charge is 0.406 e. The predicted octanol–water partition coefficient (Wildman–Crippen LogP) is 8.14. The molecule has 2 heterocycles. The van der Waals surface area contributed by atoms with Gasteiger partial charge in [0.25, 0.3) is 0 Å². The molecule has 0 radical (unpaired) electrons. The van der Waals surface area contributed by atoms with Crippen molar-refractivity contribution in [2.24, 2.45) is 5.73 Å². The Morgan fingerprint density at radius 3 is 2.23 bits per heavy atom. The highest BCUT2D eigenvalue weighted by atomic mass is 35.5. The van der Waals surface area contributed by atoms with Gasteiger partial charge in [0.15, 0.2) is 0 Å². The highest BCUT2D eigenvalue weighted by Crippen LogP contribution is 2.40. The number of hydrogen-bond donors (Lipinski definition) is 1. The van der Waals surface area contributed by atoms with E-state index in [0.717, 1.165) is 84.7 Å². The Labute approximate surface area is 256 Å². The van der Waals surface area contributed by atoms with E-state index in [9.17, 15) is 13.2 Å². The molecule has 1 aliphatic carbocycles. The Balaban J connectivity index is 1.26. The van der Waals surface area contributed by atoms with Crippen LogP contribution in [-0.2, 0) is 19.6 Å². The van der Waals surface area contributed by atoms with Gasteiger partial charge in [0.2, 0.25) is 0 Å². The molecular weight excluding hydrogens is 573 g/mol. The van der Waals surface area contributed by atoms with Crippen molar-refractivity contribution in [2.45, 2.75) is 64.1 Å². The molecule has 43 heavy (non-hydrogen) atoms. The Bertz CT molecular complexity index is 1560. The second kappa shape index (κ2) is 12.9. The molecule has 1 saturated heterocycles. The summed E-state index contributed by atoms with van der Waals surface area (Å²) in [5.74, 6) is -0.248. The van der Waals surface area contributed by atoms with E-state index in [1.54, 1.807) is 6.07 Å². The van der Waals surface area contributed by atoms with Crippen LogP contribution in [0.2, 0.25) is 5.02 Å². The summed E-state index contributed by atoms with van der Waals surface area (Å²) in [6.45, 7) is 5.69. The van der Waals surface area contributed by atoms with Crippen LogP contribution in [0.3, 0.4) is 0 Å². The van der Waals surface area contributed by atoms with Gasteiger partial charge in [-0.05, 0) is 65.4 Å². The summed E-state index contributed by atoms with van der Waals surface area (Å²) >= 11 is 6.39. The van der Waals surface area contributed by atoms with Crippen LogP contribution in [0.15, 0.2) is 66.9 Å². The fourth-order valence-corrected chi connectivity index (χ4v) is 6.90. The number of piperazine rings is 1. The number of hydrogen-bond acceptors (Lipinski definition) is 4. The van der Waals surface area contributed by atoms with Gasteiger partial charge in [0.05, 0.1) is 0 Å². The molecule has 0 bridgehead atoms. The topological polar surface area (TPSA) is 46.7 Å². The summed E-state index contributed by atoms with van der Waals surface area (Å²) in [5, 5.41) is 1.93. The summed E-state index contributed by atoms with van der Waals surface area (Å²) < 4.78 is 45.4.